The van der Waals surface area contributed by atoms with Gasteiger partial charge in [-0.3, -0.25) is 0 Å². The lowest BCUT2D eigenvalue weighted by molar-refractivity contribution is 0.551. The van der Waals surface area contributed by atoms with Gasteiger partial charge >= 0.3 is 0 Å². The van der Waals surface area contributed by atoms with Crippen molar-refractivity contribution in [1.29, 1.82) is 0 Å². The van der Waals surface area contributed by atoms with Gasteiger partial charge < -0.3 is 0 Å². The van der Waals surface area contributed by atoms with E-state index in [4.69, 9.17) is 0 Å². The first-order valence-electron chi connectivity index (χ1n) is 4.76. The van der Waals surface area contributed by atoms with Crippen LogP contribution in [0, 0.1) is 0 Å². The summed E-state index contributed by atoms with van der Waals surface area (Å²) in [4.78, 5) is 4.37. The molecule has 0 spiro atoms. The van der Waals surface area contributed by atoms with Crippen LogP contribution in [0.5, 0.6) is 0 Å². The molecular formula is C10H17NS. The van der Waals surface area contributed by atoms with E-state index in [1.54, 1.807) is 11.3 Å². The van der Waals surface area contributed by atoms with Gasteiger partial charge in [0.1, 0.15) is 0 Å². The van der Waals surface area contributed by atoms with Crippen LogP contribution in [0.2, 0.25) is 0 Å². The molecule has 2 heteroatoms. The summed E-state index contributed by atoms with van der Waals surface area (Å²) in [6, 6.07) is 0. The van der Waals surface area contributed by atoms with Gasteiger partial charge in [-0.25, -0.2) is 4.98 Å². The van der Waals surface area contributed by atoms with Crippen molar-refractivity contribution in [1.82, 2.24) is 4.98 Å². The molecule has 1 aromatic rings. The van der Waals surface area contributed by atoms with Crippen LogP contribution in [0.3, 0.4) is 0 Å². The molecule has 0 aliphatic heterocycles. The van der Waals surface area contributed by atoms with Crippen LogP contribution in [-0.2, 0) is 0 Å². The Morgan fingerprint density at radius 1 is 1.33 bits per heavy atom. The molecule has 0 atom stereocenters. The summed E-state index contributed by atoms with van der Waals surface area (Å²) in [5.74, 6) is 0.714. The normalized spacial score (nSPS) is 10.9. The Hall–Kier alpha value is -0.370. The first kappa shape index (κ1) is 9.72. The SMILES string of the molecule is CCCC(CCC)c1cscn1. The van der Waals surface area contributed by atoms with Crippen molar-refractivity contribution >= 4 is 11.3 Å². The molecule has 68 valence electrons. The van der Waals surface area contributed by atoms with Gasteiger partial charge in [-0.1, -0.05) is 26.7 Å². The number of hydrogen-bond donors (Lipinski definition) is 0. The predicted molar refractivity (Wildman–Crippen MR) is 54.7 cm³/mol. The molecule has 0 fully saturated rings. The second-order valence-corrected chi connectivity index (χ2v) is 3.91. The first-order valence-corrected chi connectivity index (χ1v) is 5.70. The molecule has 0 bridgehead atoms. The van der Waals surface area contributed by atoms with Crippen molar-refractivity contribution in [3.63, 3.8) is 0 Å². The topological polar surface area (TPSA) is 12.9 Å². The van der Waals surface area contributed by atoms with Crippen molar-refractivity contribution in [3.8, 4) is 0 Å². The van der Waals surface area contributed by atoms with Crippen molar-refractivity contribution in [2.24, 2.45) is 0 Å². The van der Waals surface area contributed by atoms with E-state index in [9.17, 15) is 0 Å². The van der Waals surface area contributed by atoms with E-state index in [1.807, 2.05) is 5.51 Å². The average molecular weight is 183 g/mol. The molecule has 1 nitrogen and oxygen atoms in total. The van der Waals surface area contributed by atoms with Gasteiger partial charge in [0.05, 0.1) is 11.2 Å². The Labute approximate surface area is 78.8 Å². The molecule has 0 aliphatic carbocycles. The standard InChI is InChI=1S/C10H17NS/c1-3-5-9(6-4-2)10-7-12-8-11-10/h7-9H,3-6H2,1-2H3. The lowest BCUT2D eigenvalue weighted by Crippen LogP contribution is -1.97. The van der Waals surface area contributed by atoms with Gasteiger partial charge in [0, 0.05) is 11.3 Å². The summed E-state index contributed by atoms with van der Waals surface area (Å²) < 4.78 is 0. The zero-order valence-corrected chi connectivity index (χ0v) is 8.73. The van der Waals surface area contributed by atoms with E-state index < -0.39 is 0 Å². The minimum atomic E-state index is 0.714. The number of thiazole rings is 1. The fraction of sp³-hybridized carbons (Fsp3) is 0.700. The Kier molecular flexibility index (Phi) is 4.30. The van der Waals surface area contributed by atoms with Crippen LogP contribution in [0.4, 0.5) is 0 Å². The maximum absolute atomic E-state index is 4.37. The monoisotopic (exact) mass is 183 g/mol. The fourth-order valence-corrected chi connectivity index (χ4v) is 2.20. The minimum absolute atomic E-state index is 0.714. The third kappa shape index (κ3) is 2.59. The highest BCUT2D eigenvalue weighted by molar-refractivity contribution is 7.07. The Morgan fingerprint density at radius 3 is 2.42 bits per heavy atom. The number of rotatable bonds is 5. The van der Waals surface area contributed by atoms with Gasteiger partial charge in [-0.05, 0) is 12.8 Å². The molecule has 1 aromatic heterocycles. The molecular weight excluding hydrogens is 166 g/mol. The fourth-order valence-electron chi connectivity index (χ4n) is 1.56. The average Bonchev–Trinajstić information content (AvgIpc) is 2.56. The molecule has 1 heterocycles. The summed E-state index contributed by atoms with van der Waals surface area (Å²) in [5.41, 5.74) is 3.25. The van der Waals surface area contributed by atoms with Crippen molar-refractivity contribution in [3.05, 3.63) is 16.6 Å². The Balaban J connectivity index is 2.53. The molecule has 0 saturated carbocycles. The molecule has 0 unspecified atom stereocenters. The van der Waals surface area contributed by atoms with Crippen LogP contribution < -0.4 is 0 Å². The summed E-state index contributed by atoms with van der Waals surface area (Å²) in [5, 5.41) is 2.19. The van der Waals surface area contributed by atoms with Crippen LogP contribution in [-0.4, -0.2) is 4.98 Å². The zero-order chi connectivity index (χ0) is 8.81. The van der Waals surface area contributed by atoms with Gasteiger partial charge in [-0.2, -0.15) is 0 Å². The van der Waals surface area contributed by atoms with E-state index in [0.717, 1.165) is 0 Å². The minimum Gasteiger partial charge on any atom is -0.249 e. The highest BCUT2D eigenvalue weighted by atomic mass is 32.1. The highest BCUT2D eigenvalue weighted by Crippen LogP contribution is 2.25. The summed E-state index contributed by atoms with van der Waals surface area (Å²) in [6.45, 7) is 4.49. The summed E-state index contributed by atoms with van der Waals surface area (Å²) in [6.07, 6.45) is 5.11. The van der Waals surface area contributed by atoms with Crippen molar-refractivity contribution < 1.29 is 0 Å². The zero-order valence-electron chi connectivity index (χ0n) is 7.92. The molecule has 0 radical (unpaired) electrons. The van der Waals surface area contributed by atoms with Gasteiger partial charge in [0.15, 0.2) is 0 Å². The molecule has 0 aromatic carbocycles. The third-order valence-corrected chi connectivity index (χ3v) is 2.75. The second kappa shape index (κ2) is 5.31. The van der Waals surface area contributed by atoms with E-state index in [-0.39, 0.29) is 0 Å². The number of nitrogens with zero attached hydrogens (tertiary/aromatic N) is 1. The quantitative estimate of drug-likeness (QED) is 0.676. The van der Waals surface area contributed by atoms with Crippen LogP contribution >= 0.6 is 11.3 Å². The maximum Gasteiger partial charge on any atom is 0.0794 e. The Morgan fingerprint density at radius 2 is 2.00 bits per heavy atom. The summed E-state index contributed by atoms with van der Waals surface area (Å²) >= 11 is 1.71. The van der Waals surface area contributed by atoms with Gasteiger partial charge in [-0.15, -0.1) is 11.3 Å². The van der Waals surface area contributed by atoms with E-state index >= 15 is 0 Å². The van der Waals surface area contributed by atoms with Crippen LogP contribution in [0.1, 0.15) is 51.1 Å². The van der Waals surface area contributed by atoms with Crippen LogP contribution in [0.25, 0.3) is 0 Å². The molecule has 0 N–H and O–H groups in total. The predicted octanol–water partition coefficient (Wildman–Crippen LogP) is 3.83. The van der Waals surface area contributed by atoms with Gasteiger partial charge in [0.2, 0.25) is 0 Å². The lowest BCUT2D eigenvalue weighted by atomic mass is 9.96. The van der Waals surface area contributed by atoms with Crippen molar-refractivity contribution in [2.45, 2.75) is 45.4 Å². The summed E-state index contributed by atoms with van der Waals surface area (Å²) in [7, 11) is 0. The number of aromatic nitrogens is 1. The number of hydrogen-bond acceptors (Lipinski definition) is 2. The van der Waals surface area contributed by atoms with E-state index in [2.05, 4.69) is 24.2 Å². The van der Waals surface area contributed by atoms with Crippen LogP contribution in [0.15, 0.2) is 10.9 Å². The van der Waals surface area contributed by atoms with Gasteiger partial charge in [0.25, 0.3) is 0 Å². The molecule has 0 saturated heterocycles. The highest BCUT2D eigenvalue weighted by Gasteiger charge is 2.10. The molecule has 0 aliphatic rings. The molecule has 1 rings (SSSR count). The second-order valence-electron chi connectivity index (χ2n) is 3.19. The largest absolute Gasteiger partial charge is 0.249 e. The smallest absolute Gasteiger partial charge is 0.0794 e. The van der Waals surface area contributed by atoms with Crippen molar-refractivity contribution in [2.75, 3.05) is 0 Å². The first-order chi connectivity index (χ1) is 5.88. The maximum atomic E-state index is 4.37. The van der Waals surface area contributed by atoms with E-state index in [1.165, 1.54) is 31.4 Å². The van der Waals surface area contributed by atoms with E-state index in [0.29, 0.717) is 5.92 Å². The third-order valence-electron chi connectivity index (χ3n) is 2.14. The molecule has 0 amide bonds. The Bertz CT molecular complexity index is 188. The lowest BCUT2D eigenvalue weighted by Gasteiger charge is -2.11. The molecule has 12 heavy (non-hydrogen) atoms.